The van der Waals surface area contributed by atoms with Crippen LogP contribution in [0.1, 0.15) is 0 Å². The van der Waals surface area contributed by atoms with Gasteiger partial charge in [0.05, 0.1) is 13.7 Å². The lowest BCUT2D eigenvalue weighted by atomic mass is 9.99. The second-order valence-corrected chi connectivity index (χ2v) is 7.47. The summed E-state index contributed by atoms with van der Waals surface area (Å²) in [7, 11) is 1.49. The van der Waals surface area contributed by atoms with Crippen LogP contribution in [0.4, 0.5) is 0 Å². The molecule has 0 saturated carbocycles. The van der Waals surface area contributed by atoms with Gasteiger partial charge in [-0.1, -0.05) is 0 Å². The van der Waals surface area contributed by atoms with E-state index in [9.17, 15) is 35.4 Å². The molecule has 1 fully saturated rings. The second kappa shape index (κ2) is 8.89. The van der Waals surface area contributed by atoms with E-state index < -0.39 is 54.2 Å². The number of benzene rings is 2. The predicted octanol–water partition coefficient (Wildman–Crippen LogP) is 0.0585. The van der Waals surface area contributed by atoms with Gasteiger partial charge >= 0.3 is 0 Å². The fraction of sp³-hybridized carbons (Fsp3) is 0.318. The van der Waals surface area contributed by atoms with Crippen LogP contribution in [-0.2, 0) is 4.74 Å². The first-order valence-corrected chi connectivity index (χ1v) is 9.89. The average molecular weight is 462 g/mol. The molecule has 1 aromatic heterocycles. The highest BCUT2D eigenvalue weighted by molar-refractivity contribution is 5.88. The van der Waals surface area contributed by atoms with E-state index in [2.05, 4.69) is 0 Å². The third-order valence-corrected chi connectivity index (χ3v) is 5.38. The zero-order chi connectivity index (χ0) is 23.9. The minimum Gasteiger partial charge on any atom is -0.507 e. The van der Waals surface area contributed by atoms with Crippen LogP contribution in [-0.4, -0.2) is 75.1 Å². The summed E-state index contributed by atoms with van der Waals surface area (Å²) < 4.78 is 21.6. The van der Waals surface area contributed by atoms with Crippen molar-refractivity contribution in [1.29, 1.82) is 0 Å². The molecule has 2 aromatic carbocycles. The van der Waals surface area contributed by atoms with Crippen molar-refractivity contribution in [2.45, 2.75) is 30.7 Å². The molecule has 5 atom stereocenters. The summed E-state index contributed by atoms with van der Waals surface area (Å²) in [5, 5.41) is 59.7. The Balaban J connectivity index is 1.74. The fourth-order valence-electron chi connectivity index (χ4n) is 3.57. The number of aromatic hydroxyl groups is 2. The summed E-state index contributed by atoms with van der Waals surface area (Å²) in [4.78, 5) is 12.7. The van der Waals surface area contributed by atoms with Gasteiger partial charge in [-0.2, -0.15) is 0 Å². The van der Waals surface area contributed by atoms with Gasteiger partial charge in [-0.3, -0.25) is 4.79 Å². The molecule has 1 aliphatic rings. The van der Waals surface area contributed by atoms with E-state index in [1.54, 1.807) is 24.3 Å². The number of ether oxygens (including phenoxy) is 3. The summed E-state index contributed by atoms with van der Waals surface area (Å²) in [6, 6.07) is 8.61. The van der Waals surface area contributed by atoms with E-state index in [1.165, 1.54) is 13.2 Å². The third kappa shape index (κ3) is 4.08. The van der Waals surface area contributed by atoms with Crippen molar-refractivity contribution in [3.05, 3.63) is 46.6 Å². The number of aliphatic hydroxyl groups is 4. The van der Waals surface area contributed by atoms with Crippen LogP contribution in [0, 0.1) is 0 Å². The number of phenolic OH excluding ortho intramolecular Hbond substituents is 1. The number of aliphatic hydroxyl groups excluding tert-OH is 4. The van der Waals surface area contributed by atoms with E-state index in [4.69, 9.17) is 18.6 Å². The van der Waals surface area contributed by atoms with Gasteiger partial charge in [-0.05, 0) is 24.3 Å². The molecule has 3 aromatic rings. The van der Waals surface area contributed by atoms with Gasteiger partial charge in [-0.15, -0.1) is 0 Å². The number of rotatable bonds is 5. The number of fused-ring (bicyclic) bond motifs is 1. The zero-order valence-electron chi connectivity index (χ0n) is 17.3. The zero-order valence-corrected chi connectivity index (χ0v) is 17.3. The largest absolute Gasteiger partial charge is 0.507 e. The number of hydrogen-bond acceptors (Lipinski definition) is 11. The minimum atomic E-state index is -1.68. The Hall–Kier alpha value is -3.35. The summed E-state index contributed by atoms with van der Waals surface area (Å²) in [6.07, 6.45) is -7.61. The Kier molecular flexibility index (Phi) is 6.15. The Labute approximate surface area is 186 Å². The molecule has 33 heavy (non-hydrogen) atoms. The first-order chi connectivity index (χ1) is 15.7. The van der Waals surface area contributed by atoms with Gasteiger partial charge in [-0.25, -0.2) is 0 Å². The molecule has 176 valence electrons. The van der Waals surface area contributed by atoms with Gasteiger partial charge < -0.3 is 49.3 Å². The molecule has 4 rings (SSSR count). The van der Waals surface area contributed by atoms with E-state index in [1.807, 2.05) is 0 Å². The summed E-state index contributed by atoms with van der Waals surface area (Å²) >= 11 is 0. The van der Waals surface area contributed by atoms with Crippen molar-refractivity contribution < 1.29 is 49.3 Å². The quantitative estimate of drug-likeness (QED) is 0.302. The lowest BCUT2D eigenvalue weighted by molar-refractivity contribution is -0.277. The maximum Gasteiger partial charge on any atom is 0.238 e. The van der Waals surface area contributed by atoms with Crippen molar-refractivity contribution >= 4 is 11.0 Å². The maximum absolute atomic E-state index is 12.7. The molecule has 1 aliphatic heterocycles. The van der Waals surface area contributed by atoms with Crippen LogP contribution in [0.5, 0.6) is 23.0 Å². The summed E-state index contributed by atoms with van der Waals surface area (Å²) in [5.74, 6) is -0.990. The standard InChI is InChI=1S/C22H22O11/c1-30-10-4-2-9(3-5-10)21-19(28)17(26)15-12(24)6-11(7-13(15)32-21)31-22-20(29)18(27)16(25)14(8-23)33-22/h2-7,14,16,18,20,22-25,27-29H,8H2,1H3/t14-,16-,18+,20-,22-/m1/s1. The predicted molar refractivity (Wildman–Crippen MR) is 112 cm³/mol. The molecule has 0 spiro atoms. The van der Waals surface area contributed by atoms with Gasteiger partial charge in [0.2, 0.25) is 17.5 Å². The first-order valence-electron chi connectivity index (χ1n) is 9.89. The van der Waals surface area contributed by atoms with Crippen LogP contribution in [0.25, 0.3) is 22.3 Å². The molecule has 11 nitrogen and oxygen atoms in total. The minimum absolute atomic E-state index is 0.112. The monoisotopic (exact) mass is 462 g/mol. The van der Waals surface area contributed by atoms with Crippen LogP contribution in [0.3, 0.4) is 0 Å². The van der Waals surface area contributed by atoms with Gasteiger partial charge in [0.25, 0.3) is 0 Å². The van der Waals surface area contributed by atoms with E-state index >= 15 is 0 Å². The van der Waals surface area contributed by atoms with Crippen LogP contribution in [0.15, 0.2) is 45.6 Å². The maximum atomic E-state index is 12.7. The highest BCUT2D eigenvalue weighted by atomic mass is 16.7. The first kappa shape index (κ1) is 22.8. The van der Waals surface area contributed by atoms with Crippen molar-refractivity contribution in [3.8, 4) is 34.3 Å². The SMILES string of the molecule is COc1ccc(-c2oc3cc(O[C@@H]4O[C@H](CO)[C@@H](O)[C@H](O)[C@H]4O)cc(O)c3c(=O)c2O)cc1. The van der Waals surface area contributed by atoms with Crippen molar-refractivity contribution in [2.24, 2.45) is 0 Å². The summed E-state index contributed by atoms with van der Waals surface area (Å²) in [5.41, 5.74) is -0.644. The summed E-state index contributed by atoms with van der Waals surface area (Å²) in [6.45, 7) is -0.646. The molecular weight excluding hydrogens is 440 g/mol. The smallest absolute Gasteiger partial charge is 0.238 e. The van der Waals surface area contributed by atoms with Crippen LogP contribution < -0.4 is 14.9 Å². The Bertz CT molecular complexity index is 1200. The van der Waals surface area contributed by atoms with E-state index in [0.29, 0.717) is 11.3 Å². The average Bonchev–Trinajstić information content (AvgIpc) is 2.81. The number of phenols is 1. The molecule has 11 heteroatoms. The third-order valence-electron chi connectivity index (χ3n) is 5.38. The van der Waals surface area contributed by atoms with E-state index in [-0.39, 0.29) is 22.5 Å². The lowest BCUT2D eigenvalue weighted by Crippen LogP contribution is -2.60. The Morgan fingerprint density at radius 3 is 2.30 bits per heavy atom. The molecule has 0 amide bonds. The van der Waals surface area contributed by atoms with Gasteiger partial charge in [0.15, 0.2) is 5.76 Å². The van der Waals surface area contributed by atoms with Crippen molar-refractivity contribution in [2.75, 3.05) is 13.7 Å². The highest BCUT2D eigenvalue weighted by Crippen LogP contribution is 2.36. The number of hydrogen-bond donors (Lipinski definition) is 6. The number of methoxy groups -OCH3 is 1. The molecule has 0 bridgehead atoms. The normalized spacial score (nSPS) is 25.2. The van der Waals surface area contributed by atoms with Crippen molar-refractivity contribution in [3.63, 3.8) is 0 Å². The molecule has 0 aliphatic carbocycles. The second-order valence-electron chi connectivity index (χ2n) is 7.47. The van der Waals surface area contributed by atoms with Crippen LogP contribution >= 0.6 is 0 Å². The van der Waals surface area contributed by atoms with Gasteiger partial charge in [0.1, 0.15) is 52.6 Å². The highest BCUT2D eigenvalue weighted by Gasteiger charge is 2.44. The van der Waals surface area contributed by atoms with Crippen molar-refractivity contribution in [1.82, 2.24) is 0 Å². The molecule has 6 N–H and O–H groups in total. The topological polar surface area (TPSA) is 179 Å². The lowest BCUT2D eigenvalue weighted by Gasteiger charge is -2.39. The Morgan fingerprint density at radius 2 is 1.67 bits per heavy atom. The Morgan fingerprint density at radius 1 is 0.970 bits per heavy atom. The van der Waals surface area contributed by atoms with Crippen LogP contribution in [0.2, 0.25) is 0 Å². The van der Waals surface area contributed by atoms with Gasteiger partial charge in [0, 0.05) is 17.7 Å². The molecule has 0 unspecified atom stereocenters. The van der Waals surface area contributed by atoms with E-state index in [0.717, 1.165) is 6.07 Å². The molecule has 2 heterocycles. The molecular formula is C22H22O11. The fourth-order valence-corrected chi connectivity index (χ4v) is 3.57. The molecule has 1 saturated heterocycles. The molecule has 0 radical (unpaired) electrons.